The average Bonchev–Trinajstić information content (AvgIpc) is 2.53. The van der Waals surface area contributed by atoms with E-state index in [2.05, 4.69) is 0 Å². The first kappa shape index (κ1) is 15.4. The molecular formula is C21H19FO. The van der Waals surface area contributed by atoms with Crippen molar-refractivity contribution in [1.82, 2.24) is 0 Å². The Hall–Kier alpha value is -2.48. The predicted molar refractivity (Wildman–Crippen MR) is 92.5 cm³/mol. The van der Waals surface area contributed by atoms with Crippen LogP contribution in [-0.2, 0) is 10.2 Å². The highest BCUT2D eigenvalue weighted by molar-refractivity contribution is 6.09. The Labute approximate surface area is 136 Å². The molecule has 0 saturated carbocycles. The molecule has 0 aromatic heterocycles. The zero-order valence-corrected chi connectivity index (χ0v) is 13.3. The van der Waals surface area contributed by atoms with E-state index in [-0.39, 0.29) is 11.6 Å². The van der Waals surface area contributed by atoms with Gasteiger partial charge in [0.2, 0.25) is 0 Å². The van der Waals surface area contributed by atoms with Crippen LogP contribution in [-0.4, -0.2) is 5.78 Å². The molecule has 0 radical (unpaired) electrons. The summed E-state index contributed by atoms with van der Waals surface area (Å²) in [5, 5.41) is 0. The molecule has 1 nitrogen and oxygen atoms in total. The van der Waals surface area contributed by atoms with Crippen LogP contribution >= 0.6 is 0 Å². The molecule has 0 spiro atoms. The minimum absolute atomic E-state index is 0.153. The zero-order valence-electron chi connectivity index (χ0n) is 13.3. The van der Waals surface area contributed by atoms with Gasteiger partial charge in [0.05, 0.1) is 5.41 Å². The number of halogens is 1. The summed E-state index contributed by atoms with van der Waals surface area (Å²) in [6.07, 6.45) is 6.38. The summed E-state index contributed by atoms with van der Waals surface area (Å²) in [5.74, 6) is -0.101. The molecule has 2 aromatic rings. The van der Waals surface area contributed by atoms with Gasteiger partial charge in [0.1, 0.15) is 5.82 Å². The van der Waals surface area contributed by atoms with Gasteiger partial charge < -0.3 is 0 Å². The Kier molecular flexibility index (Phi) is 3.99. The van der Waals surface area contributed by atoms with Gasteiger partial charge in [-0.05, 0) is 60.7 Å². The molecule has 23 heavy (non-hydrogen) atoms. The molecule has 0 bridgehead atoms. The van der Waals surface area contributed by atoms with Crippen molar-refractivity contribution in [3.05, 3.63) is 82.7 Å². The number of benzene rings is 2. The predicted octanol–water partition coefficient (Wildman–Crippen LogP) is 5.17. The van der Waals surface area contributed by atoms with Crippen LogP contribution in [0.15, 0.2) is 60.2 Å². The molecule has 3 rings (SSSR count). The summed E-state index contributed by atoms with van der Waals surface area (Å²) in [4.78, 5) is 12.7. The molecular weight excluding hydrogens is 287 g/mol. The molecule has 0 amide bonds. The van der Waals surface area contributed by atoms with E-state index in [0.717, 1.165) is 22.3 Å². The smallest absolute Gasteiger partial charge is 0.169 e. The molecule has 0 N–H and O–H groups in total. The molecule has 0 fully saturated rings. The number of fused-ring (bicyclic) bond motifs is 1. The van der Waals surface area contributed by atoms with E-state index < -0.39 is 5.41 Å². The van der Waals surface area contributed by atoms with Gasteiger partial charge >= 0.3 is 0 Å². The summed E-state index contributed by atoms with van der Waals surface area (Å²) in [5.41, 5.74) is 3.17. The summed E-state index contributed by atoms with van der Waals surface area (Å²) < 4.78 is 13.2. The van der Waals surface area contributed by atoms with Crippen LogP contribution in [0.1, 0.15) is 37.0 Å². The van der Waals surface area contributed by atoms with Crippen LogP contribution in [0.4, 0.5) is 4.39 Å². The van der Waals surface area contributed by atoms with Gasteiger partial charge in [-0.15, -0.1) is 0 Å². The first-order chi connectivity index (χ1) is 11.0. The fraction of sp³-hybridized carbons (Fsp3) is 0.190. The molecule has 0 heterocycles. The monoisotopic (exact) mass is 306 g/mol. The molecule has 0 unspecified atom stereocenters. The van der Waals surface area contributed by atoms with Gasteiger partial charge in [-0.1, -0.05) is 48.6 Å². The SMILES string of the molecule is CC1=Cc2ccccc2[C@@](C)(C/C=C/c2cccc(F)c2)C1=O. The number of rotatable bonds is 3. The third-order valence-corrected chi connectivity index (χ3v) is 4.47. The Morgan fingerprint density at radius 2 is 1.91 bits per heavy atom. The molecule has 2 heteroatoms. The van der Waals surface area contributed by atoms with Gasteiger partial charge in [-0.2, -0.15) is 0 Å². The summed E-state index contributed by atoms with van der Waals surface area (Å²) in [6, 6.07) is 14.5. The van der Waals surface area contributed by atoms with Gasteiger partial charge in [-0.3, -0.25) is 4.79 Å². The van der Waals surface area contributed by atoms with Crippen LogP contribution in [0.2, 0.25) is 0 Å². The lowest BCUT2D eigenvalue weighted by atomic mass is 9.69. The van der Waals surface area contributed by atoms with Crippen LogP contribution in [0, 0.1) is 5.82 Å². The van der Waals surface area contributed by atoms with Crippen molar-refractivity contribution in [2.75, 3.05) is 0 Å². The Bertz CT molecular complexity index is 816. The van der Waals surface area contributed by atoms with Crippen LogP contribution in [0.25, 0.3) is 12.2 Å². The largest absolute Gasteiger partial charge is 0.294 e. The molecule has 0 saturated heterocycles. The number of allylic oxidation sites excluding steroid dienone is 2. The fourth-order valence-electron chi connectivity index (χ4n) is 3.23. The topological polar surface area (TPSA) is 17.1 Å². The Balaban J connectivity index is 1.91. The number of hydrogen-bond donors (Lipinski definition) is 0. The van der Waals surface area contributed by atoms with E-state index in [9.17, 15) is 9.18 Å². The number of Topliss-reactive ketones (excluding diaryl/α,β-unsaturated/α-hetero) is 1. The number of hydrogen-bond acceptors (Lipinski definition) is 1. The van der Waals surface area contributed by atoms with Gasteiger partial charge in [0.15, 0.2) is 5.78 Å². The number of ketones is 1. The van der Waals surface area contributed by atoms with Crippen molar-refractivity contribution in [1.29, 1.82) is 0 Å². The standard InChI is InChI=1S/C21H19FO/c1-15-13-17-9-3-4-11-19(17)21(2,20(15)23)12-6-8-16-7-5-10-18(22)14-16/h3-11,13-14H,12H2,1-2H3/b8-6+/t21-/m1/s1. The second-order valence-corrected chi connectivity index (χ2v) is 6.24. The highest BCUT2D eigenvalue weighted by Gasteiger charge is 2.38. The van der Waals surface area contributed by atoms with Gasteiger partial charge in [0.25, 0.3) is 0 Å². The van der Waals surface area contributed by atoms with Crippen LogP contribution in [0.5, 0.6) is 0 Å². The van der Waals surface area contributed by atoms with Crippen molar-refractivity contribution in [3.63, 3.8) is 0 Å². The van der Waals surface area contributed by atoms with Crippen molar-refractivity contribution < 1.29 is 9.18 Å². The number of carbonyl (C=O) groups excluding carboxylic acids is 1. The second-order valence-electron chi connectivity index (χ2n) is 6.24. The van der Waals surface area contributed by atoms with E-state index in [4.69, 9.17) is 0 Å². The molecule has 2 aromatic carbocycles. The Morgan fingerprint density at radius 1 is 1.13 bits per heavy atom. The molecule has 116 valence electrons. The van der Waals surface area contributed by atoms with Crippen LogP contribution < -0.4 is 0 Å². The van der Waals surface area contributed by atoms with Crippen molar-refractivity contribution in [3.8, 4) is 0 Å². The normalized spacial score (nSPS) is 20.5. The minimum Gasteiger partial charge on any atom is -0.294 e. The lowest BCUT2D eigenvalue weighted by molar-refractivity contribution is -0.120. The van der Waals surface area contributed by atoms with Gasteiger partial charge in [-0.25, -0.2) is 4.39 Å². The third-order valence-electron chi connectivity index (χ3n) is 4.47. The second kappa shape index (κ2) is 5.96. The van der Waals surface area contributed by atoms with E-state index >= 15 is 0 Å². The van der Waals surface area contributed by atoms with E-state index in [1.54, 1.807) is 6.07 Å². The fourth-order valence-corrected chi connectivity index (χ4v) is 3.23. The molecule has 1 aliphatic carbocycles. The minimum atomic E-state index is -0.570. The Morgan fingerprint density at radius 3 is 2.70 bits per heavy atom. The number of carbonyl (C=O) groups is 1. The molecule has 1 aliphatic rings. The van der Waals surface area contributed by atoms with Crippen molar-refractivity contribution in [2.45, 2.75) is 25.7 Å². The summed E-state index contributed by atoms with van der Waals surface area (Å²) in [7, 11) is 0. The zero-order chi connectivity index (χ0) is 16.4. The summed E-state index contributed by atoms with van der Waals surface area (Å²) >= 11 is 0. The van der Waals surface area contributed by atoms with Crippen molar-refractivity contribution >= 4 is 17.9 Å². The first-order valence-corrected chi connectivity index (χ1v) is 7.75. The molecule has 1 atom stereocenters. The van der Waals surface area contributed by atoms with Crippen LogP contribution in [0.3, 0.4) is 0 Å². The van der Waals surface area contributed by atoms with E-state index in [1.165, 1.54) is 12.1 Å². The molecule has 0 aliphatic heterocycles. The highest BCUT2D eigenvalue weighted by atomic mass is 19.1. The van der Waals surface area contributed by atoms with Crippen molar-refractivity contribution in [2.24, 2.45) is 0 Å². The maximum atomic E-state index is 13.2. The lowest BCUT2D eigenvalue weighted by Gasteiger charge is -2.33. The van der Waals surface area contributed by atoms with E-state index in [0.29, 0.717) is 6.42 Å². The van der Waals surface area contributed by atoms with Gasteiger partial charge in [0, 0.05) is 0 Å². The third kappa shape index (κ3) is 2.89. The maximum Gasteiger partial charge on any atom is 0.169 e. The lowest BCUT2D eigenvalue weighted by Crippen LogP contribution is -2.35. The first-order valence-electron chi connectivity index (χ1n) is 7.75. The highest BCUT2D eigenvalue weighted by Crippen LogP contribution is 2.38. The summed E-state index contributed by atoms with van der Waals surface area (Å²) in [6.45, 7) is 3.85. The van der Waals surface area contributed by atoms with E-state index in [1.807, 2.05) is 62.4 Å². The average molecular weight is 306 g/mol. The maximum absolute atomic E-state index is 13.2. The quantitative estimate of drug-likeness (QED) is 0.764.